The zero-order valence-corrected chi connectivity index (χ0v) is 19.3. The molecular weight excluding hydrogens is 455 g/mol. The third kappa shape index (κ3) is 4.22. The number of aliphatic imine (C=N–C) groups is 1. The summed E-state index contributed by atoms with van der Waals surface area (Å²) in [5.41, 5.74) is 8.15. The molecule has 0 bridgehead atoms. The summed E-state index contributed by atoms with van der Waals surface area (Å²) in [6, 6.07) is 31.2. The summed E-state index contributed by atoms with van der Waals surface area (Å²) in [7, 11) is 0. The summed E-state index contributed by atoms with van der Waals surface area (Å²) < 4.78 is 13.2. The number of benzene rings is 4. The Morgan fingerprint density at radius 3 is 2.08 bits per heavy atom. The number of carbonyl (C=O) groups excluding carboxylic acids is 2. The van der Waals surface area contributed by atoms with E-state index < -0.39 is 11.4 Å². The van der Waals surface area contributed by atoms with Gasteiger partial charge in [-0.05, 0) is 53.1 Å². The minimum atomic E-state index is -1.28. The van der Waals surface area contributed by atoms with E-state index in [1.165, 1.54) is 29.2 Å². The van der Waals surface area contributed by atoms with Crippen LogP contribution in [0.15, 0.2) is 114 Å². The van der Waals surface area contributed by atoms with Gasteiger partial charge in [0.15, 0.2) is 11.5 Å². The molecule has 0 atom stereocenters. The topological polar surface area (TPSA) is 87.8 Å². The predicted molar refractivity (Wildman–Crippen MR) is 137 cm³/mol. The smallest absolute Gasteiger partial charge is 0.266 e. The Balaban J connectivity index is 1.42. The van der Waals surface area contributed by atoms with Crippen molar-refractivity contribution in [1.29, 1.82) is 0 Å². The van der Waals surface area contributed by atoms with Gasteiger partial charge < -0.3 is 11.1 Å². The molecule has 5 rings (SSSR count). The van der Waals surface area contributed by atoms with Crippen LogP contribution in [0.1, 0.15) is 27.0 Å². The lowest BCUT2D eigenvalue weighted by Crippen LogP contribution is -2.43. The predicted octanol–water partition coefficient (Wildman–Crippen LogP) is 4.68. The molecule has 0 spiro atoms. The second-order valence-corrected chi connectivity index (χ2v) is 8.47. The van der Waals surface area contributed by atoms with E-state index in [0.717, 1.165) is 16.7 Å². The number of carbonyl (C=O) groups is 2. The Morgan fingerprint density at radius 2 is 1.47 bits per heavy atom. The number of nitrogens with two attached hydrogens (primary N) is 1. The van der Waals surface area contributed by atoms with Crippen LogP contribution in [0.2, 0.25) is 0 Å². The van der Waals surface area contributed by atoms with Gasteiger partial charge in [0.05, 0.1) is 6.54 Å². The number of nitrogens with zero attached hydrogens (tertiary/aromatic N) is 2. The highest BCUT2D eigenvalue weighted by Gasteiger charge is 2.50. The molecule has 7 heteroatoms. The Hall–Kier alpha value is -4.78. The molecule has 0 aliphatic carbocycles. The van der Waals surface area contributed by atoms with Crippen molar-refractivity contribution in [2.75, 3.05) is 5.32 Å². The van der Waals surface area contributed by atoms with E-state index in [0.29, 0.717) is 11.3 Å². The van der Waals surface area contributed by atoms with Gasteiger partial charge >= 0.3 is 0 Å². The first-order valence-corrected chi connectivity index (χ1v) is 11.4. The maximum absolute atomic E-state index is 13.9. The first-order valence-electron chi connectivity index (χ1n) is 11.4. The molecule has 36 heavy (non-hydrogen) atoms. The molecule has 0 unspecified atom stereocenters. The van der Waals surface area contributed by atoms with Crippen molar-refractivity contribution in [3.8, 4) is 0 Å². The normalized spacial score (nSPS) is 14.4. The number of amides is 2. The summed E-state index contributed by atoms with van der Waals surface area (Å²) in [6.07, 6.45) is 0. The number of hydrogen-bond donors (Lipinski definition) is 2. The van der Waals surface area contributed by atoms with Crippen LogP contribution in [0, 0.1) is 5.82 Å². The fourth-order valence-electron chi connectivity index (χ4n) is 4.37. The van der Waals surface area contributed by atoms with Crippen LogP contribution in [0.25, 0.3) is 0 Å². The van der Waals surface area contributed by atoms with Gasteiger partial charge in [-0.3, -0.25) is 14.5 Å². The highest BCUT2D eigenvalue weighted by atomic mass is 19.1. The maximum Gasteiger partial charge on any atom is 0.266 e. The standard InChI is InChI=1S/C29H23FN4O2/c30-24-16-14-21(15-17-24)26(35)32-25-13-7-8-20(18-25)19-34-27(36)29(33-28(34)31,22-9-3-1-4-10-22)23-11-5-2-6-12-23/h1-18H,19H2,(H2,31,33)(H,32,35). The van der Waals surface area contributed by atoms with Crippen molar-refractivity contribution in [3.63, 3.8) is 0 Å². The molecule has 0 saturated heterocycles. The third-order valence-electron chi connectivity index (χ3n) is 6.13. The highest BCUT2D eigenvalue weighted by molar-refractivity contribution is 6.09. The third-order valence-corrected chi connectivity index (χ3v) is 6.13. The van der Waals surface area contributed by atoms with E-state index in [1.54, 1.807) is 18.2 Å². The van der Waals surface area contributed by atoms with Gasteiger partial charge in [0.1, 0.15) is 5.82 Å². The number of nitrogens with one attached hydrogen (secondary N) is 1. The zero-order chi connectivity index (χ0) is 25.1. The van der Waals surface area contributed by atoms with E-state index in [1.807, 2.05) is 66.7 Å². The van der Waals surface area contributed by atoms with Crippen molar-refractivity contribution in [2.24, 2.45) is 10.7 Å². The molecule has 1 aliphatic heterocycles. The Bertz CT molecular complexity index is 1400. The zero-order valence-electron chi connectivity index (χ0n) is 19.3. The van der Waals surface area contributed by atoms with Gasteiger partial charge in [0.2, 0.25) is 0 Å². The molecule has 1 heterocycles. The van der Waals surface area contributed by atoms with E-state index in [2.05, 4.69) is 5.32 Å². The summed E-state index contributed by atoms with van der Waals surface area (Å²) in [5, 5.41) is 2.81. The van der Waals surface area contributed by atoms with E-state index in [4.69, 9.17) is 10.7 Å². The van der Waals surface area contributed by atoms with Crippen LogP contribution in [0.5, 0.6) is 0 Å². The van der Waals surface area contributed by atoms with Crippen LogP contribution in [-0.4, -0.2) is 22.7 Å². The molecule has 4 aromatic rings. The van der Waals surface area contributed by atoms with E-state index >= 15 is 0 Å². The fraction of sp³-hybridized carbons (Fsp3) is 0.0690. The largest absolute Gasteiger partial charge is 0.369 e. The number of rotatable bonds is 6. The minimum Gasteiger partial charge on any atom is -0.369 e. The fourth-order valence-corrected chi connectivity index (χ4v) is 4.37. The molecular formula is C29H23FN4O2. The van der Waals surface area contributed by atoms with Crippen molar-refractivity contribution >= 4 is 23.5 Å². The van der Waals surface area contributed by atoms with Crippen LogP contribution in [-0.2, 0) is 16.9 Å². The van der Waals surface area contributed by atoms with Crippen LogP contribution in [0.4, 0.5) is 10.1 Å². The second-order valence-electron chi connectivity index (χ2n) is 8.47. The van der Waals surface area contributed by atoms with E-state index in [9.17, 15) is 14.0 Å². The van der Waals surface area contributed by atoms with Crippen molar-refractivity contribution in [2.45, 2.75) is 12.1 Å². The molecule has 4 aromatic carbocycles. The number of guanidine groups is 1. The van der Waals surface area contributed by atoms with E-state index in [-0.39, 0.29) is 24.3 Å². The summed E-state index contributed by atoms with van der Waals surface area (Å²) >= 11 is 0. The molecule has 0 aromatic heterocycles. The number of anilines is 1. The Morgan fingerprint density at radius 1 is 0.861 bits per heavy atom. The minimum absolute atomic E-state index is 0.119. The molecule has 0 saturated carbocycles. The average molecular weight is 479 g/mol. The Labute approximate surface area is 207 Å². The van der Waals surface area contributed by atoms with Crippen LogP contribution in [0.3, 0.4) is 0 Å². The molecule has 0 fully saturated rings. The molecule has 178 valence electrons. The first kappa shape index (κ1) is 23.0. The monoisotopic (exact) mass is 478 g/mol. The van der Waals surface area contributed by atoms with Gasteiger partial charge in [-0.25, -0.2) is 9.38 Å². The summed E-state index contributed by atoms with van der Waals surface area (Å²) in [4.78, 5) is 32.7. The van der Waals surface area contributed by atoms with Gasteiger partial charge in [0, 0.05) is 11.3 Å². The van der Waals surface area contributed by atoms with Crippen molar-refractivity contribution in [3.05, 3.63) is 137 Å². The number of hydrogen-bond acceptors (Lipinski definition) is 4. The van der Waals surface area contributed by atoms with Crippen molar-refractivity contribution < 1.29 is 14.0 Å². The van der Waals surface area contributed by atoms with Crippen molar-refractivity contribution in [1.82, 2.24) is 4.90 Å². The summed E-state index contributed by atoms with van der Waals surface area (Å²) in [5.74, 6) is -0.908. The lowest BCUT2D eigenvalue weighted by Gasteiger charge is -2.27. The quantitative estimate of drug-likeness (QED) is 0.422. The second kappa shape index (κ2) is 9.46. The SMILES string of the molecule is NC1=NC(c2ccccc2)(c2ccccc2)C(=O)N1Cc1cccc(NC(=O)c2ccc(F)cc2)c1. The van der Waals surface area contributed by atoms with Crippen LogP contribution >= 0.6 is 0 Å². The average Bonchev–Trinajstić information content (AvgIpc) is 3.16. The molecule has 3 N–H and O–H groups in total. The number of halogens is 1. The molecule has 6 nitrogen and oxygen atoms in total. The van der Waals surface area contributed by atoms with Gasteiger partial charge in [-0.1, -0.05) is 72.8 Å². The lowest BCUT2D eigenvalue weighted by molar-refractivity contribution is -0.130. The molecule has 0 radical (unpaired) electrons. The summed E-state index contributed by atoms with van der Waals surface area (Å²) in [6.45, 7) is 0.176. The van der Waals surface area contributed by atoms with Gasteiger partial charge in [-0.15, -0.1) is 0 Å². The lowest BCUT2D eigenvalue weighted by atomic mass is 9.83. The van der Waals surface area contributed by atoms with Gasteiger partial charge in [0.25, 0.3) is 11.8 Å². The maximum atomic E-state index is 13.9. The van der Waals surface area contributed by atoms with Gasteiger partial charge in [-0.2, -0.15) is 0 Å². The molecule has 2 amide bonds. The van der Waals surface area contributed by atoms with Crippen LogP contribution < -0.4 is 11.1 Å². The highest BCUT2D eigenvalue weighted by Crippen LogP contribution is 2.40. The molecule has 1 aliphatic rings. The Kier molecular flexibility index (Phi) is 6.04. The first-order chi connectivity index (χ1) is 17.5.